The normalized spacial score (nSPS) is 10.7. The van der Waals surface area contributed by atoms with Crippen LogP contribution in [0.15, 0.2) is 65.8 Å². The van der Waals surface area contributed by atoms with Gasteiger partial charge in [-0.05, 0) is 46.8 Å². The molecule has 0 aliphatic carbocycles. The van der Waals surface area contributed by atoms with E-state index in [1.807, 2.05) is 30.3 Å². The van der Waals surface area contributed by atoms with Crippen molar-refractivity contribution in [3.05, 3.63) is 66.2 Å². The van der Waals surface area contributed by atoms with Crippen LogP contribution in [-0.4, -0.2) is 25.5 Å². The molecule has 0 saturated heterocycles. The van der Waals surface area contributed by atoms with E-state index >= 15 is 0 Å². The number of methoxy groups -OCH3 is 2. The SMILES string of the molecule is COc1ccc(NC(=S)N/N=C\c2ccc3ccccc3c2)cc1OC. The summed E-state index contributed by atoms with van der Waals surface area (Å²) in [7, 11) is 3.19. The van der Waals surface area contributed by atoms with Crippen LogP contribution >= 0.6 is 12.2 Å². The van der Waals surface area contributed by atoms with Crippen molar-refractivity contribution in [2.45, 2.75) is 0 Å². The van der Waals surface area contributed by atoms with Gasteiger partial charge in [-0.15, -0.1) is 0 Å². The number of hydrogen-bond donors (Lipinski definition) is 2. The summed E-state index contributed by atoms with van der Waals surface area (Å²) in [6.07, 6.45) is 1.73. The molecule has 26 heavy (non-hydrogen) atoms. The standard InChI is InChI=1S/C20H19N3O2S/c1-24-18-10-9-17(12-19(18)25-2)22-20(26)23-21-13-14-7-8-15-5-3-4-6-16(15)11-14/h3-13H,1-2H3,(H2,22,23,26)/b21-13-. The van der Waals surface area contributed by atoms with Gasteiger partial charge in [0.1, 0.15) is 0 Å². The topological polar surface area (TPSA) is 54.9 Å². The van der Waals surface area contributed by atoms with E-state index in [0.717, 1.165) is 11.3 Å². The molecule has 3 aromatic carbocycles. The maximum absolute atomic E-state index is 5.27. The van der Waals surface area contributed by atoms with E-state index in [0.29, 0.717) is 16.6 Å². The van der Waals surface area contributed by atoms with Gasteiger partial charge in [0.25, 0.3) is 0 Å². The van der Waals surface area contributed by atoms with E-state index in [9.17, 15) is 0 Å². The van der Waals surface area contributed by atoms with Crippen molar-refractivity contribution < 1.29 is 9.47 Å². The Hall–Kier alpha value is -3.12. The van der Waals surface area contributed by atoms with Crippen LogP contribution in [0, 0.1) is 0 Å². The Morgan fingerprint density at radius 2 is 1.69 bits per heavy atom. The fraction of sp³-hybridized carbons (Fsp3) is 0.100. The predicted molar refractivity (Wildman–Crippen MR) is 110 cm³/mol. The summed E-state index contributed by atoms with van der Waals surface area (Å²) < 4.78 is 10.5. The number of nitrogens with one attached hydrogen (secondary N) is 2. The molecule has 0 spiro atoms. The Bertz CT molecular complexity index is 957. The lowest BCUT2D eigenvalue weighted by Crippen LogP contribution is -2.23. The molecule has 0 atom stereocenters. The number of fused-ring (bicyclic) bond motifs is 1. The molecular weight excluding hydrogens is 346 g/mol. The van der Waals surface area contributed by atoms with Crippen molar-refractivity contribution in [3.63, 3.8) is 0 Å². The first kappa shape index (κ1) is 17.7. The highest BCUT2D eigenvalue weighted by Gasteiger charge is 2.05. The molecule has 3 aromatic rings. The molecule has 0 fully saturated rings. The van der Waals surface area contributed by atoms with E-state index in [1.54, 1.807) is 26.5 Å². The number of ether oxygens (including phenoxy) is 2. The largest absolute Gasteiger partial charge is 0.493 e. The number of hydrogen-bond acceptors (Lipinski definition) is 4. The lowest BCUT2D eigenvalue weighted by atomic mass is 10.1. The van der Waals surface area contributed by atoms with Crippen molar-refractivity contribution in [2.24, 2.45) is 5.10 Å². The van der Waals surface area contributed by atoms with E-state index < -0.39 is 0 Å². The van der Waals surface area contributed by atoms with Gasteiger partial charge in [0.15, 0.2) is 16.6 Å². The molecule has 0 saturated carbocycles. The molecule has 0 unspecified atom stereocenters. The summed E-state index contributed by atoms with van der Waals surface area (Å²) in [6, 6.07) is 19.8. The molecule has 0 amide bonds. The fourth-order valence-electron chi connectivity index (χ4n) is 2.53. The number of thiocarbonyl (C=S) groups is 1. The highest BCUT2D eigenvalue weighted by Crippen LogP contribution is 2.29. The second-order valence-electron chi connectivity index (χ2n) is 5.50. The van der Waals surface area contributed by atoms with Crippen LogP contribution < -0.4 is 20.2 Å². The molecule has 6 heteroatoms. The van der Waals surface area contributed by atoms with Crippen LogP contribution in [0.4, 0.5) is 5.69 Å². The number of hydrazone groups is 1. The summed E-state index contributed by atoms with van der Waals surface area (Å²) >= 11 is 5.26. The highest BCUT2D eigenvalue weighted by molar-refractivity contribution is 7.80. The van der Waals surface area contributed by atoms with Crippen molar-refractivity contribution in [2.75, 3.05) is 19.5 Å². The van der Waals surface area contributed by atoms with Crippen LogP contribution in [0.25, 0.3) is 10.8 Å². The van der Waals surface area contributed by atoms with Gasteiger partial charge in [0.2, 0.25) is 0 Å². The van der Waals surface area contributed by atoms with E-state index in [-0.39, 0.29) is 0 Å². The molecule has 2 N–H and O–H groups in total. The fourth-order valence-corrected chi connectivity index (χ4v) is 2.70. The molecule has 3 rings (SSSR count). The van der Waals surface area contributed by atoms with Crippen molar-refractivity contribution in [1.29, 1.82) is 0 Å². The zero-order valence-corrected chi connectivity index (χ0v) is 15.3. The Labute approximate surface area is 157 Å². The van der Waals surface area contributed by atoms with Crippen molar-refractivity contribution >= 4 is 40.0 Å². The average Bonchev–Trinajstić information content (AvgIpc) is 2.67. The van der Waals surface area contributed by atoms with Crippen molar-refractivity contribution in [3.8, 4) is 11.5 Å². The smallest absolute Gasteiger partial charge is 0.191 e. The van der Waals surface area contributed by atoms with Gasteiger partial charge in [-0.2, -0.15) is 5.10 Å². The summed E-state index contributed by atoms with van der Waals surface area (Å²) in [5, 5.41) is 9.99. The number of rotatable bonds is 5. The number of nitrogens with zero attached hydrogens (tertiary/aromatic N) is 1. The van der Waals surface area contributed by atoms with Gasteiger partial charge in [-0.3, -0.25) is 5.43 Å². The monoisotopic (exact) mass is 365 g/mol. The Morgan fingerprint density at radius 1 is 0.923 bits per heavy atom. The molecule has 132 valence electrons. The first-order valence-electron chi connectivity index (χ1n) is 8.00. The van der Waals surface area contributed by atoms with Crippen LogP contribution in [0.1, 0.15) is 5.56 Å². The van der Waals surface area contributed by atoms with Gasteiger partial charge in [-0.1, -0.05) is 36.4 Å². The molecule has 0 aromatic heterocycles. The summed E-state index contributed by atoms with van der Waals surface area (Å²) in [5.41, 5.74) is 4.58. The molecular formula is C20H19N3O2S. The van der Waals surface area contributed by atoms with Gasteiger partial charge in [-0.25, -0.2) is 0 Å². The first-order chi connectivity index (χ1) is 12.7. The van der Waals surface area contributed by atoms with Gasteiger partial charge in [0.05, 0.1) is 20.4 Å². The van der Waals surface area contributed by atoms with Crippen LogP contribution in [-0.2, 0) is 0 Å². The number of benzene rings is 3. The maximum Gasteiger partial charge on any atom is 0.191 e. The first-order valence-corrected chi connectivity index (χ1v) is 8.41. The molecule has 0 heterocycles. The minimum Gasteiger partial charge on any atom is -0.493 e. The zero-order valence-electron chi connectivity index (χ0n) is 14.5. The second kappa shape index (κ2) is 8.31. The van der Waals surface area contributed by atoms with Crippen LogP contribution in [0.3, 0.4) is 0 Å². The third-order valence-electron chi connectivity index (χ3n) is 3.79. The molecule has 0 bridgehead atoms. The maximum atomic E-state index is 5.27. The predicted octanol–water partition coefficient (Wildman–Crippen LogP) is 4.18. The minimum atomic E-state index is 0.384. The molecule has 0 aliphatic rings. The molecule has 0 aliphatic heterocycles. The van der Waals surface area contributed by atoms with Crippen LogP contribution in [0.2, 0.25) is 0 Å². The lowest BCUT2D eigenvalue weighted by molar-refractivity contribution is 0.355. The zero-order chi connectivity index (χ0) is 18.4. The second-order valence-corrected chi connectivity index (χ2v) is 5.91. The van der Waals surface area contributed by atoms with Crippen molar-refractivity contribution in [1.82, 2.24) is 5.43 Å². The minimum absolute atomic E-state index is 0.384. The molecule has 0 radical (unpaired) electrons. The Kier molecular flexibility index (Phi) is 5.66. The van der Waals surface area contributed by atoms with Gasteiger partial charge < -0.3 is 14.8 Å². The van der Waals surface area contributed by atoms with Gasteiger partial charge in [0, 0.05) is 11.8 Å². The average molecular weight is 365 g/mol. The van der Waals surface area contributed by atoms with Crippen LogP contribution in [0.5, 0.6) is 11.5 Å². The van der Waals surface area contributed by atoms with E-state index in [4.69, 9.17) is 21.7 Å². The lowest BCUT2D eigenvalue weighted by Gasteiger charge is -2.11. The third kappa shape index (κ3) is 4.29. The third-order valence-corrected chi connectivity index (χ3v) is 3.99. The summed E-state index contributed by atoms with van der Waals surface area (Å²) in [6.45, 7) is 0. The van der Waals surface area contributed by atoms with E-state index in [2.05, 4.69) is 40.1 Å². The molecule has 5 nitrogen and oxygen atoms in total. The van der Waals surface area contributed by atoms with E-state index in [1.165, 1.54) is 10.8 Å². The van der Waals surface area contributed by atoms with Gasteiger partial charge >= 0.3 is 0 Å². The summed E-state index contributed by atoms with van der Waals surface area (Å²) in [4.78, 5) is 0. The Balaban J connectivity index is 1.61. The Morgan fingerprint density at radius 3 is 2.46 bits per heavy atom. The quantitative estimate of drug-likeness (QED) is 0.404. The summed E-state index contributed by atoms with van der Waals surface area (Å²) in [5.74, 6) is 1.28. The number of anilines is 1. The highest BCUT2D eigenvalue weighted by atomic mass is 32.1.